The Bertz CT molecular complexity index is 1080. The Balaban J connectivity index is 0.000000152. The molecular formula is C33H29IrN3-4. The van der Waals surface area contributed by atoms with Crippen molar-refractivity contribution < 1.29 is 20.1 Å². The van der Waals surface area contributed by atoms with Gasteiger partial charge < -0.3 is 15.3 Å². The average Bonchev–Trinajstić information content (AvgIpc) is 3.01. The number of piperidine rings is 1. The van der Waals surface area contributed by atoms with Crippen LogP contribution in [-0.2, 0) is 20.1 Å². The van der Waals surface area contributed by atoms with E-state index in [9.17, 15) is 0 Å². The molecule has 5 aromatic rings. The number of hydrogen-bond donors (Lipinski definition) is 0. The molecule has 1 aliphatic rings. The first-order valence-electron chi connectivity index (χ1n) is 12.3. The SMILES string of the molecule is [Ir].[c-]1ccccc1-c1ccccn1.[c-]1ccccc1-c1ccccn1.[c-]1ccccc1C1CCCC[N-]1. The van der Waals surface area contributed by atoms with Gasteiger partial charge in [0.1, 0.15) is 0 Å². The molecule has 2 aromatic heterocycles. The van der Waals surface area contributed by atoms with Crippen molar-refractivity contribution in [1.82, 2.24) is 9.97 Å². The third-order valence-electron chi connectivity index (χ3n) is 5.63. The molecule has 0 bridgehead atoms. The van der Waals surface area contributed by atoms with Crippen LogP contribution in [0.25, 0.3) is 27.8 Å². The number of nitrogens with zero attached hydrogens (tertiary/aromatic N) is 3. The van der Waals surface area contributed by atoms with Gasteiger partial charge in [0.05, 0.1) is 0 Å². The average molecular weight is 660 g/mol. The Morgan fingerprint density at radius 1 is 0.595 bits per heavy atom. The molecule has 0 amide bonds. The molecule has 3 nitrogen and oxygen atoms in total. The summed E-state index contributed by atoms with van der Waals surface area (Å²) in [5.74, 6) is 0. The Hall–Kier alpha value is -3.43. The third-order valence-corrected chi connectivity index (χ3v) is 5.63. The van der Waals surface area contributed by atoms with Gasteiger partial charge in [-0.2, -0.15) is 35.9 Å². The van der Waals surface area contributed by atoms with Crippen molar-refractivity contribution in [2.24, 2.45) is 0 Å². The van der Waals surface area contributed by atoms with E-state index in [1.807, 2.05) is 97.1 Å². The van der Waals surface area contributed by atoms with Gasteiger partial charge in [0, 0.05) is 32.5 Å². The summed E-state index contributed by atoms with van der Waals surface area (Å²) < 4.78 is 0. The Kier molecular flexibility index (Phi) is 12.4. The van der Waals surface area contributed by atoms with Gasteiger partial charge in [-0.25, -0.2) is 0 Å². The van der Waals surface area contributed by atoms with Gasteiger partial charge in [-0.3, -0.25) is 0 Å². The van der Waals surface area contributed by atoms with E-state index in [4.69, 9.17) is 0 Å². The molecule has 0 N–H and O–H groups in total. The van der Waals surface area contributed by atoms with Gasteiger partial charge in [-0.05, 0) is 23.5 Å². The topological polar surface area (TPSA) is 39.9 Å². The molecule has 1 saturated heterocycles. The first kappa shape index (κ1) is 28.1. The molecule has 0 aliphatic carbocycles. The van der Waals surface area contributed by atoms with Gasteiger partial charge in [0.25, 0.3) is 0 Å². The van der Waals surface area contributed by atoms with Crippen LogP contribution in [0.3, 0.4) is 0 Å². The van der Waals surface area contributed by atoms with Crippen molar-refractivity contribution in [3.63, 3.8) is 0 Å². The van der Waals surface area contributed by atoms with E-state index in [0.29, 0.717) is 6.04 Å². The van der Waals surface area contributed by atoms with E-state index in [1.165, 1.54) is 24.8 Å². The maximum atomic E-state index is 4.57. The zero-order chi connectivity index (χ0) is 24.7. The molecule has 1 unspecified atom stereocenters. The Morgan fingerprint density at radius 3 is 1.54 bits per heavy atom. The summed E-state index contributed by atoms with van der Waals surface area (Å²) in [6.07, 6.45) is 7.37. The summed E-state index contributed by atoms with van der Waals surface area (Å²) in [6.45, 7) is 1.04. The van der Waals surface area contributed by atoms with Crippen LogP contribution in [0.4, 0.5) is 0 Å². The number of benzene rings is 3. The van der Waals surface area contributed by atoms with E-state index in [2.05, 4.69) is 45.6 Å². The van der Waals surface area contributed by atoms with Crippen molar-refractivity contribution in [3.8, 4) is 22.5 Å². The molecule has 4 heteroatoms. The fraction of sp³-hybridized carbons (Fsp3) is 0.152. The molecule has 1 atom stereocenters. The second-order valence-electron chi connectivity index (χ2n) is 8.22. The van der Waals surface area contributed by atoms with Crippen LogP contribution in [0.1, 0.15) is 30.9 Å². The molecule has 1 aliphatic heterocycles. The van der Waals surface area contributed by atoms with Crippen molar-refractivity contribution in [1.29, 1.82) is 0 Å². The van der Waals surface area contributed by atoms with E-state index in [1.54, 1.807) is 12.4 Å². The van der Waals surface area contributed by atoms with Crippen LogP contribution in [0, 0.1) is 18.2 Å². The van der Waals surface area contributed by atoms with Crippen LogP contribution >= 0.6 is 0 Å². The largest absolute Gasteiger partial charge is 0.657 e. The van der Waals surface area contributed by atoms with Crippen molar-refractivity contribution in [3.05, 3.63) is 151 Å². The first-order valence-corrected chi connectivity index (χ1v) is 12.3. The zero-order valence-corrected chi connectivity index (χ0v) is 23.0. The Morgan fingerprint density at radius 2 is 1.14 bits per heavy atom. The molecule has 189 valence electrons. The van der Waals surface area contributed by atoms with Crippen LogP contribution in [0.2, 0.25) is 0 Å². The first-order chi connectivity index (χ1) is 17.9. The van der Waals surface area contributed by atoms with Gasteiger partial charge in [0.15, 0.2) is 0 Å². The Labute approximate surface area is 234 Å². The van der Waals surface area contributed by atoms with Gasteiger partial charge in [-0.1, -0.05) is 43.5 Å². The van der Waals surface area contributed by atoms with Crippen LogP contribution in [0.15, 0.2) is 122 Å². The van der Waals surface area contributed by atoms with E-state index in [0.717, 1.165) is 29.1 Å². The standard InChI is InChI=1S/C11H13N.2C11H8N.Ir/c3*1-2-6-10(7-3-1)11-8-4-5-9-12-11;/h1-3,6,11H,4-5,8-9H2;2*1-6,8-9H;/q-2;2*-1;. The normalized spacial score (nSPS) is 14.0. The summed E-state index contributed by atoms with van der Waals surface area (Å²) in [4.78, 5) is 8.44. The molecule has 37 heavy (non-hydrogen) atoms. The fourth-order valence-electron chi connectivity index (χ4n) is 3.81. The maximum Gasteiger partial charge on any atom is 0.0160 e. The number of rotatable bonds is 3. The third kappa shape index (κ3) is 9.51. The monoisotopic (exact) mass is 660 g/mol. The van der Waals surface area contributed by atoms with Crippen molar-refractivity contribution >= 4 is 0 Å². The second-order valence-corrected chi connectivity index (χ2v) is 8.22. The van der Waals surface area contributed by atoms with Crippen molar-refractivity contribution in [2.75, 3.05) is 6.54 Å². The second kappa shape index (κ2) is 16.3. The minimum atomic E-state index is 0. The fourth-order valence-corrected chi connectivity index (χ4v) is 3.81. The molecule has 1 fully saturated rings. The van der Waals surface area contributed by atoms with E-state index >= 15 is 0 Å². The predicted octanol–water partition coefficient (Wildman–Crippen LogP) is 8.18. The van der Waals surface area contributed by atoms with Crippen LogP contribution in [-0.4, -0.2) is 16.5 Å². The minimum Gasteiger partial charge on any atom is -0.657 e. The van der Waals surface area contributed by atoms with Gasteiger partial charge in [0.2, 0.25) is 0 Å². The smallest absolute Gasteiger partial charge is 0.0160 e. The molecule has 0 spiro atoms. The summed E-state index contributed by atoms with van der Waals surface area (Å²) in [5.41, 5.74) is 5.28. The molecular weight excluding hydrogens is 631 g/mol. The molecule has 3 heterocycles. The predicted molar refractivity (Wildman–Crippen MR) is 147 cm³/mol. The summed E-state index contributed by atoms with van der Waals surface area (Å²) >= 11 is 0. The quantitative estimate of drug-likeness (QED) is 0.183. The molecule has 1 radical (unpaired) electrons. The number of aromatic nitrogens is 2. The maximum absolute atomic E-state index is 4.57. The van der Waals surface area contributed by atoms with Crippen LogP contribution < -0.4 is 0 Å². The van der Waals surface area contributed by atoms with Gasteiger partial charge >= 0.3 is 0 Å². The summed E-state index contributed by atoms with van der Waals surface area (Å²) in [6, 6.07) is 45.5. The molecule has 3 aromatic carbocycles. The van der Waals surface area contributed by atoms with E-state index < -0.39 is 0 Å². The van der Waals surface area contributed by atoms with E-state index in [-0.39, 0.29) is 20.1 Å². The van der Waals surface area contributed by atoms with Crippen LogP contribution in [0.5, 0.6) is 0 Å². The number of hydrogen-bond acceptors (Lipinski definition) is 2. The zero-order valence-electron chi connectivity index (χ0n) is 20.6. The summed E-state index contributed by atoms with van der Waals surface area (Å²) in [5, 5.41) is 4.57. The minimum absolute atomic E-state index is 0. The van der Waals surface area contributed by atoms with Gasteiger partial charge in [-0.15, -0.1) is 84.4 Å². The van der Waals surface area contributed by atoms with Crippen molar-refractivity contribution in [2.45, 2.75) is 25.3 Å². The molecule has 0 saturated carbocycles. The molecule has 6 rings (SSSR count). The number of pyridine rings is 2. The summed E-state index contributed by atoms with van der Waals surface area (Å²) in [7, 11) is 0.